The van der Waals surface area contributed by atoms with Crippen LogP contribution in [0.1, 0.15) is 18.4 Å². The van der Waals surface area contributed by atoms with Crippen LogP contribution in [0.5, 0.6) is 0 Å². The van der Waals surface area contributed by atoms with Crippen LogP contribution < -0.4 is 11.1 Å². The van der Waals surface area contributed by atoms with Crippen LogP contribution in [0.4, 0.5) is 0 Å². The lowest BCUT2D eigenvalue weighted by atomic mass is 9.90. The number of amides is 1. The van der Waals surface area contributed by atoms with Gasteiger partial charge in [-0.25, -0.2) is 0 Å². The van der Waals surface area contributed by atoms with Crippen molar-refractivity contribution in [2.75, 3.05) is 19.7 Å². The molecule has 7 nitrogen and oxygen atoms in total. The van der Waals surface area contributed by atoms with E-state index in [9.17, 15) is 9.90 Å². The van der Waals surface area contributed by atoms with Crippen molar-refractivity contribution in [3.05, 3.63) is 60.2 Å². The van der Waals surface area contributed by atoms with Crippen molar-refractivity contribution >= 4 is 5.91 Å². The van der Waals surface area contributed by atoms with Crippen LogP contribution in [0.15, 0.2) is 54.6 Å². The van der Waals surface area contributed by atoms with Crippen molar-refractivity contribution in [1.82, 2.24) is 10.2 Å². The second-order valence-electron chi connectivity index (χ2n) is 9.04. The molecule has 5 atom stereocenters. The Kier molecular flexibility index (Phi) is 6.26. The fourth-order valence-electron chi connectivity index (χ4n) is 5.21. The molecule has 0 aromatic heterocycles. The molecule has 0 saturated carbocycles. The van der Waals surface area contributed by atoms with E-state index in [0.717, 1.165) is 5.56 Å². The number of nitrogens with zero attached hydrogens (tertiary/aromatic N) is 1. The van der Waals surface area contributed by atoms with E-state index in [1.54, 1.807) is 0 Å². The summed E-state index contributed by atoms with van der Waals surface area (Å²) < 4.78 is 12.0. The second-order valence-corrected chi connectivity index (χ2v) is 9.04. The van der Waals surface area contributed by atoms with Gasteiger partial charge in [0, 0.05) is 12.5 Å². The first-order valence-electron chi connectivity index (χ1n) is 11.5. The molecule has 5 rings (SSSR count). The zero-order valence-corrected chi connectivity index (χ0v) is 18.1. The number of primary amides is 1. The zero-order valence-electron chi connectivity index (χ0n) is 18.1. The van der Waals surface area contributed by atoms with Gasteiger partial charge in [0.05, 0.1) is 24.8 Å². The van der Waals surface area contributed by atoms with Crippen molar-refractivity contribution in [3.63, 3.8) is 0 Å². The number of nitrogens with one attached hydrogen (secondary N) is 1. The average molecular weight is 438 g/mol. The summed E-state index contributed by atoms with van der Waals surface area (Å²) >= 11 is 0. The standard InChI is InChI=1S/C25H31N3O4/c26-24(30)19-10-12-28(13-11-19)22-23(29)21(20-15-31-25(22)32-20)27-14-16-6-8-18(9-7-16)17-4-2-1-3-5-17/h1-9,19-23,25,27,29H,10-15H2,(H2,26,30)/t20-,21-,22+,23-,25+/m0/s1. The van der Waals surface area contributed by atoms with Gasteiger partial charge >= 0.3 is 0 Å². The predicted molar refractivity (Wildman–Crippen MR) is 120 cm³/mol. The van der Waals surface area contributed by atoms with Gasteiger partial charge in [0.25, 0.3) is 0 Å². The Balaban J connectivity index is 1.22. The maximum Gasteiger partial charge on any atom is 0.220 e. The van der Waals surface area contributed by atoms with Crippen molar-refractivity contribution in [3.8, 4) is 11.1 Å². The van der Waals surface area contributed by atoms with Gasteiger partial charge < -0.3 is 25.6 Å². The fraction of sp³-hybridized carbons (Fsp3) is 0.480. The smallest absolute Gasteiger partial charge is 0.220 e. The number of carbonyl (C=O) groups excluding carboxylic acids is 1. The van der Waals surface area contributed by atoms with Gasteiger partial charge in [-0.15, -0.1) is 0 Å². The molecule has 0 unspecified atom stereocenters. The first-order valence-corrected chi connectivity index (χ1v) is 11.5. The van der Waals surface area contributed by atoms with Crippen molar-refractivity contribution in [2.24, 2.45) is 11.7 Å². The number of hydrogen-bond donors (Lipinski definition) is 3. The SMILES string of the molecule is NC(=O)C1CCN([C@H]2[C@@H]3OC[C@H](O3)[C@H](NCc3ccc(-c4ccccc4)cc3)[C@@H]2O)CC1. The molecule has 7 heteroatoms. The Hall–Kier alpha value is -2.29. The molecule has 3 aliphatic rings. The molecule has 4 N–H and O–H groups in total. The third-order valence-electron chi connectivity index (χ3n) is 7.09. The molecule has 2 bridgehead atoms. The average Bonchev–Trinajstić information content (AvgIpc) is 3.25. The summed E-state index contributed by atoms with van der Waals surface area (Å²) in [5, 5.41) is 14.8. The fourth-order valence-corrected chi connectivity index (χ4v) is 5.21. The first-order chi connectivity index (χ1) is 15.6. The molecule has 3 heterocycles. The minimum atomic E-state index is -0.616. The normalized spacial score (nSPS) is 31.0. The Morgan fingerprint density at radius 1 is 1.06 bits per heavy atom. The number of carbonyl (C=O) groups is 1. The number of rotatable bonds is 6. The number of aliphatic hydroxyl groups is 1. The highest BCUT2D eigenvalue weighted by molar-refractivity contribution is 5.76. The Morgan fingerprint density at radius 2 is 1.75 bits per heavy atom. The van der Waals surface area contributed by atoms with E-state index in [4.69, 9.17) is 15.2 Å². The van der Waals surface area contributed by atoms with Gasteiger partial charge in [-0.1, -0.05) is 54.6 Å². The van der Waals surface area contributed by atoms with E-state index in [1.807, 2.05) is 18.2 Å². The van der Waals surface area contributed by atoms with Crippen LogP contribution in [0, 0.1) is 5.92 Å². The maximum atomic E-state index is 11.5. The minimum absolute atomic E-state index is 0.0853. The summed E-state index contributed by atoms with van der Waals surface area (Å²) in [5.41, 5.74) is 9.00. The minimum Gasteiger partial charge on any atom is -0.390 e. The predicted octanol–water partition coefficient (Wildman–Crippen LogP) is 1.49. The number of nitrogens with two attached hydrogens (primary N) is 1. The zero-order chi connectivity index (χ0) is 22.1. The number of ether oxygens (including phenoxy) is 2. The monoisotopic (exact) mass is 437 g/mol. The Bertz CT molecular complexity index is 915. The second kappa shape index (κ2) is 9.29. The van der Waals surface area contributed by atoms with E-state index in [1.165, 1.54) is 11.1 Å². The highest BCUT2D eigenvalue weighted by atomic mass is 16.7. The summed E-state index contributed by atoms with van der Waals surface area (Å²) in [6.07, 6.45) is 0.206. The van der Waals surface area contributed by atoms with Crippen LogP contribution in [0.3, 0.4) is 0 Å². The summed E-state index contributed by atoms with van der Waals surface area (Å²) in [4.78, 5) is 13.7. The molecule has 170 valence electrons. The quantitative estimate of drug-likeness (QED) is 0.634. The van der Waals surface area contributed by atoms with Gasteiger partial charge in [0.1, 0.15) is 6.10 Å². The van der Waals surface area contributed by atoms with E-state index in [2.05, 4.69) is 46.6 Å². The first kappa shape index (κ1) is 21.6. The molecule has 0 spiro atoms. The highest BCUT2D eigenvalue weighted by Crippen LogP contribution is 2.33. The van der Waals surface area contributed by atoms with Gasteiger partial charge in [0.15, 0.2) is 6.29 Å². The number of likely N-dealkylation sites (tertiary alicyclic amines) is 1. The van der Waals surface area contributed by atoms with Crippen LogP contribution in [0.25, 0.3) is 11.1 Å². The number of benzene rings is 2. The molecule has 3 saturated heterocycles. The Labute approximate surface area is 188 Å². The Morgan fingerprint density at radius 3 is 2.44 bits per heavy atom. The lowest BCUT2D eigenvalue weighted by Crippen LogP contribution is -2.65. The van der Waals surface area contributed by atoms with E-state index >= 15 is 0 Å². The van der Waals surface area contributed by atoms with Crippen LogP contribution in [0.2, 0.25) is 0 Å². The lowest BCUT2D eigenvalue weighted by molar-refractivity contribution is -0.186. The van der Waals surface area contributed by atoms with Crippen molar-refractivity contribution in [1.29, 1.82) is 0 Å². The number of piperidine rings is 1. The van der Waals surface area contributed by atoms with E-state index in [0.29, 0.717) is 39.1 Å². The largest absolute Gasteiger partial charge is 0.390 e. The topological polar surface area (TPSA) is 97.1 Å². The molecule has 2 aromatic carbocycles. The molecule has 32 heavy (non-hydrogen) atoms. The van der Waals surface area contributed by atoms with E-state index < -0.39 is 12.4 Å². The van der Waals surface area contributed by atoms with Gasteiger partial charge in [-0.3, -0.25) is 9.69 Å². The van der Waals surface area contributed by atoms with Gasteiger partial charge in [0.2, 0.25) is 5.91 Å². The molecular formula is C25H31N3O4. The number of fused-ring (bicyclic) bond motifs is 2. The summed E-state index contributed by atoms with van der Waals surface area (Å²) in [5.74, 6) is -0.321. The molecule has 3 aliphatic heterocycles. The third-order valence-corrected chi connectivity index (χ3v) is 7.09. The van der Waals surface area contributed by atoms with Crippen LogP contribution in [-0.4, -0.2) is 66.2 Å². The third kappa shape index (κ3) is 4.31. The number of aliphatic hydroxyl groups excluding tert-OH is 1. The van der Waals surface area contributed by atoms with Crippen molar-refractivity contribution in [2.45, 2.75) is 50.0 Å². The molecular weight excluding hydrogens is 406 g/mol. The lowest BCUT2D eigenvalue weighted by Gasteiger charge is -2.46. The molecule has 2 aromatic rings. The maximum absolute atomic E-state index is 11.5. The molecule has 3 fully saturated rings. The molecule has 0 aliphatic carbocycles. The number of hydrogen-bond acceptors (Lipinski definition) is 6. The molecule has 1 amide bonds. The van der Waals surface area contributed by atoms with Crippen LogP contribution >= 0.6 is 0 Å². The summed E-state index contributed by atoms with van der Waals surface area (Å²) in [7, 11) is 0. The molecule has 0 radical (unpaired) electrons. The van der Waals surface area contributed by atoms with Crippen molar-refractivity contribution < 1.29 is 19.4 Å². The summed E-state index contributed by atoms with van der Waals surface area (Å²) in [6, 6.07) is 18.3. The van der Waals surface area contributed by atoms with Crippen LogP contribution in [-0.2, 0) is 20.8 Å². The van der Waals surface area contributed by atoms with E-state index in [-0.39, 0.29) is 30.0 Å². The van der Waals surface area contributed by atoms with Gasteiger partial charge in [-0.2, -0.15) is 0 Å². The highest BCUT2D eigenvalue weighted by Gasteiger charge is 2.52. The van der Waals surface area contributed by atoms with Gasteiger partial charge in [-0.05, 0) is 42.6 Å². The summed E-state index contributed by atoms with van der Waals surface area (Å²) in [6.45, 7) is 2.52.